The maximum absolute atomic E-state index is 6.15. The Bertz CT molecular complexity index is 222. The lowest BCUT2D eigenvalue weighted by Crippen LogP contribution is -2.65. The van der Waals surface area contributed by atoms with Crippen LogP contribution in [-0.2, 0) is 4.74 Å². The van der Waals surface area contributed by atoms with Crippen LogP contribution >= 0.6 is 0 Å². The molecular weight excluding hydrogens is 212 g/mol. The quantitative estimate of drug-likeness (QED) is 0.777. The number of ether oxygens (including phenoxy) is 1. The standard InChI is InChI=1S/C14H30N2O/c1-5-12(3)16(6-2)14(11-15)10-8-7-9-13(14)17-4/h12-13H,5-11,15H2,1-4H3. The van der Waals surface area contributed by atoms with Crippen molar-refractivity contribution >= 4 is 0 Å². The van der Waals surface area contributed by atoms with Crippen LogP contribution in [0.3, 0.4) is 0 Å². The van der Waals surface area contributed by atoms with Crippen molar-refractivity contribution in [3.05, 3.63) is 0 Å². The first kappa shape index (κ1) is 14.9. The van der Waals surface area contributed by atoms with Gasteiger partial charge in [-0.05, 0) is 32.7 Å². The van der Waals surface area contributed by atoms with Crippen molar-refractivity contribution in [3.63, 3.8) is 0 Å². The highest BCUT2D eigenvalue weighted by Crippen LogP contribution is 2.36. The highest BCUT2D eigenvalue weighted by molar-refractivity contribution is 5.02. The molecule has 1 fully saturated rings. The molecule has 0 aromatic heterocycles. The van der Waals surface area contributed by atoms with Gasteiger partial charge in [-0.25, -0.2) is 0 Å². The minimum Gasteiger partial charge on any atom is -0.379 e. The van der Waals surface area contributed by atoms with E-state index in [1.807, 2.05) is 7.11 Å². The first-order valence-electron chi connectivity index (χ1n) is 7.15. The molecule has 0 heterocycles. The fourth-order valence-electron chi connectivity index (χ4n) is 3.49. The number of hydrogen-bond donors (Lipinski definition) is 1. The van der Waals surface area contributed by atoms with Gasteiger partial charge in [0.05, 0.1) is 11.6 Å². The maximum atomic E-state index is 6.15. The van der Waals surface area contributed by atoms with Crippen LogP contribution in [0.15, 0.2) is 0 Å². The Labute approximate surface area is 107 Å². The number of methoxy groups -OCH3 is 1. The number of hydrogen-bond acceptors (Lipinski definition) is 3. The summed E-state index contributed by atoms with van der Waals surface area (Å²) in [5.74, 6) is 0. The lowest BCUT2D eigenvalue weighted by molar-refractivity contribution is -0.0878. The molecule has 102 valence electrons. The molecule has 0 aromatic carbocycles. The average Bonchev–Trinajstić information content (AvgIpc) is 2.39. The van der Waals surface area contributed by atoms with Crippen molar-refractivity contribution < 1.29 is 4.74 Å². The van der Waals surface area contributed by atoms with Gasteiger partial charge in [0.15, 0.2) is 0 Å². The number of nitrogens with zero attached hydrogens (tertiary/aromatic N) is 1. The SMILES string of the molecule is CCC(C)N(CC)C1(CN)CCCCC1OC. The summed E-state index contributed by atoms with van der Waals surface area (Å²) in [4.78, 5) is 2.58. The molecule has 0 spiro atoms. The van der Waals surface area contributed by atoms with Gasteiger partial charge in [0, 0.05) is 19.7 Å². The van der Waals surface area contributed by atoms with E-state index in [4.69, 9.17) is 10.5 Å². The first-order chi connectivity index (χ1) is 8.16. The summed E-state index contributed by atoms with van der Waals surface area (Å²) in [5.41, 5.74) is 6.22. The lowest BCUT2D eigenvalue weighted by atomic mass is 9.76. The van der Waals surface area contributed by atoms with Gasteiger partial charge in [0.25, 0.3) is 0 Å². The second-order valence-electron chi connectivity index (χ2n) is 5.32. The summed E-state index contributed by atoms with van der Waals surface area (Å²) in [5, 5.41) is 0. The molecule has 1 rings (SSSR count). The van der Waals surface area contributed by atoms with Gasteiger partial charge in [-0.2, -0.15) is 0 Å². The van der Waals surface area contributed by atoms with E-state index in [2.05, 4.69) is 25.7 Å². The largest absolute Gasteiger partial charge is 0.379 e. The summed E-state index contributed by atoms with van der Waals surface area (Å²) < 4.78 is 5.75. The van der Waals surface area contributed by atoms with E-state index in [0.717, 1.165) is 13.0 Å². The van der Waals surface area contributed by atoms with E-state index in [9.17, 15) is 0 Å². The lowest BCUT2D eigenvalue weighted by Gasteiger charge is -2.52. The molecule has 1 aliphatic carbocycles. The molecule has 2 N–H and O–H groups in total. The van der Waals surface area contributed by atoms with E-state index in [1.165, 1.54) is 25.7 Å². The van der Waals surface area contributed by atoms with Gasteiger partial charge in [-0.15, -0.1) is 0 Å². The van der Waals surface area contributed by atoms with Gasteiger partial charge in [0.1, 0.15) is 0 Å². The van der Waals surface area contributed by atoms with Crippen LogP contribution < -0.4 is 5.73 Å². The van der Waals surface area contributed by atoms with Gasteiger partial charge in [-0.3, -0.25) is 4.90 Å². The van der Waals surface area contributed by atoms with Crippen LogP contribution in [0.2, 0.25) is 0 Å². The summed E-state index contributed by atoms with van der Waals surface area (Å²) in [7, 11) is 1.84. The molecule has 3 heteroatoms. The second kappa shape index (κ2) is 6.72. The summed E-state index contributed by atoms with van der Waals surface area (Å²) in [6.45, 7) is 8.57. The molecule has 1 aliphatic rings. The Morgan fingerprint density at radius 2 is 2.12 bits per heavy atom. The smallest absolute Gasteiger partial charge is 0.0767 e. The third-order valence-electron chi connectivity index (χ3n) is 4.60. The molecule has 0 radical (unpaired) electrons. The van der Waals surface area contributed by atoms with Crippen molar-refractivity contribution in [2.45, 2.75) is 70.6 Å². The van der Waals surface area contributed by atoms with Gasteiger partial charge in [-0.1, -0.05) is 26.7 Å². The minimum atomic E-state index is 0.0666. The van der Waals surface area contributed by atoms with Crippen LogP contribution in [0.4, 0.5) is 0 Å². The summed E-state index contributed by atoms with van der Waals surface area (Å²) >= 11 is 0. The molecule has 17 heavy (non-hydrogen) atoms. The highest BCUT2D eigenvalue weighted by Gasteiger charge is 2.45. The second-order valence-corrected chi connectivity index (χ2v) is 5.32. The van der Waals surface area contributed by atoms with Crippen LogP contribution in [0.1, 0.15) is 52.9 Å². The fraction of sp³-hybridized carbons (Fsp3) is 1.00. The number of rotatable bonds is 6. The van der Waals surface area contributed by atoms with E-state index in [0.29, 0.717) is 18.7 Å². The Hall–Kier alpha value is -0.120. The molecule has 1 saturated carbocycles. The molecule has 0 amide bonds. The van der Waals surface area contributed by atoms with Crippen LogP contribution in [0, 0.1) is 0 Å². The van der Waals surface area contributed by atoms with Gasteiger partial charge < -0.3 is 10.5 Å². The molecule has 3 unspecified atom stereocenters. The molecular formula is C14H30N2O. The molecule has 0 bridgehead atoms. The monoisotopic (exact) mass is 242 g/mol. The average molecular weight is 242 g/mol. The predicted octanol–water partition coefficient (Wildman–Crippen LogP) is 2.39. The van der Waals surface area contributed by atoms with Crippen molar-refractivity contribution in [1.29, 1.82) is 0 Å². The van der Waals surface area contributed by atoms with Gasteiger partial charge in [0.2, 0.25) is 0 Å². The van der Waals surface area contributed by atoms with Gasteiger partial charge >= 0.3 is 0 Å². The number of nitrogens with two attached hydrogens (primary N) is 1. The molecule has 0 aromatic rings. The zero-order chi connectivity index (χ0) is 12.9. The highest BCUT2D eigenvalue weighted by atomic mass is 16.5. The molecule has 0 saturated heterocycles. The summed E-state index contributed by atoms with van der Waals surface area (Å²) in [6.07, 6.45) is 6.37. The van der Waals surface area contributed by atoms with Crippen molar-refractivity contribution in [1.82, 2.24) is 4.90 Å². The Kier molecular flexibility index (Phi) is 5.90. The molecule has 0 aliphatic heterocycles. The van der Waals surface area contributed by atoms with E-state index in [-0.39, 0.29) is 5.54 Å². The molecule has 3 nitrogen and oxygen atoms in total. The van der Waals surface area contributed by atoms with Crippen molar-refractivity contribution in [3.8, 4) is 0 Å². The van der Waals surface area contributed by atoms with Crippen LogP contribution in [-0.4, -0.2) is 42.8 Å². The van der Waals surface area contributed by atoms with E-state index in [1.54, 1.807) is 0 Å². The predicted molar refractivity (Wildman–Crippen MR) is 73.2 cm³/mol. The van der Waals surface area contributed by atoms with E-state index < -0.39 is 0 Å². The maximum Gasteiger partial charge on any atom is 0.0767 e. The van der Waals surface area contributed by atoms with Crippen LogP contribution in [0.25, 0.3) is 0 Å². The third-order valence-corrected chi connectivity index (χ3v) is 4.60. The minimum absolute atomic E-state index is 0.0666. The Morgan fingerprint density at radius 3 is 2.59 bits per heavy atom. The zero-order valence-electron chi connectivity index (χ0n) is 12.0. The number of likely N-dealkylation sites (N-methyl/N-ethyl adjacent to an activating group) is 1. The topological polar surface area (TPSA) is 38.5 Å². The van der Waals surface area contributed by atoms with Crippen LogP contribution in [0.5, 0.6) is 0 Å². The Balaban J connectivity index is 2.96. The van der Waals surface area contributed by atoms with E-state index >= 15 is 0 Å². The summed E-state index contributed by atoms with van der Waals surface area (Å²) in [6, 6.07) is 0.583. The molecule has 3 atom stereocenters. The first-order valence-corrected chi connectivity index (χ1v) is 7.15. The van der Waals surface area contributed by atoms with Crippen molar-refractivity contribution in [2.75, 3.05) is 20.2 Å². The van der Waals surface area contributed by atoms with Crippen molar-refractivity contribution in [2.24, 2.45) is 5.73 Å². The normalized spacial score (nSPS) is 31.8. The zero-order valence-corrected chi connectivity index (χ0v) is 12.0. The Morgan fingerprint density at radius 1 is 1.41 bits per heavy atom. The fourth-order valence-corrected chi connectivity index (χ4v) is 3.49. The third kappa shape index (κ3) is 2.83.